The van der Waals surface area contributed by atoms with E-state index in [1.54, 1.807) is 0 Å². The number of carbonyl (C=O) groups is 1. The zero-order chi connectivity index (χ0) is 10.4. The lowest BCUT2D eigenvalue weighted by atomic mass is 10.2. The van der Waals surface area contributed by atoms with E-state index >= 15 is 0 Å². The third-order valence-electron chi connectivity index (χ3n) is 1.55. The molecule has 0 saturated carbocycles. The molecule has 0 atom stereocenters. The van der Waals surface area contributed by atoms with E-state index in [2.05, 4.69) is 20.8 Å². The summed E-state index contributed by atoms with van der Waals surface area (Å²) in [4.78, 5) is 15.0. The second kappa shape index (κ2) is 5.74. The second-order valence-corrected chi connectivity index (χ2v) is 3.42. The van der Waals surface area contributed by atoms with Gasteiger partial charge in [0, 0.05) is 10.0 Å². The van der Waals surface area contributed by atoms with Crippen molar-refractivity contribution in [1.29, 1.82) is 0 Å². The number of rotatable bonds is 4. The summed E-state index contributed by atoms with van der Waals surface area (Å²) in [5.41, 5.74) is 0.901. The van der Waals surface area contributed by atoms with Crippen LogP contribution in [0.1, 0.15) is 5.56 Å². The Labute approximate surface area is 90.1 Å². The van der Waals surface area contributed by atoms with Crippen LogP contribution in [0.4, 0.5) is 0 Å². The fraction of sp³-hybridized carbons (Fsp3) is 0.222. The summed E-state index contributed by atoms with van der Waals surface area (Å²) in [6, 6.07) is 7.50. The van der Waals surface area contributed by atoms with Gasteiger partial charge in [-0.15, -0.1) is 0 Å². The molecule has 4 nitrogen and oxygen atoms in total. The molecular weight excluding hydrogens is 250 g/mol. The van der Waals surface area contributed by atoms with Gasteiger partial charge in [0.15, 0.2) is 6.61 Å². The first-order chi connectivity index (χ1) is 6.74. The normalized spacial score (nSPS) is 9.86. The molecule has 0 aliphatic heterocycles. The monoisotopic (exact) mass is 259 g/mol. The zero-order valence-electron chi connectivity index (χ0n) is 7.40. The summed E-state index contributed by atoms with van der Waals surface area (Å²) >= 11 is 3.34. The maximum atomic E-state index is 10.9. The Hall–Kier alpha value is -0.910. The molecule has 1 aromatic rings. The largest absolute Gasteiger partial charge is 0.459 e. The molecule has 76 valence electrons. The minimum Gasteiger partial charge on any atom is -0.459 e. The fourth-order valence-electron chi connectivity index (χ4n) is 0.883. The molecule has 0 radical (unpaired) electrons. The summed E-state index contributed by atoms with van der Waals surface area (Å²) in [6.07, 6.45) is 0. The van der Waals surface area contributed by atoms with Crippen LogP contribution in [0, 0.1) is 0 Å². The molecule has 1 aromatic carbocycles. The molecule has 1 rings (SSSR count). The average Bonchev–Trinajstić information content (AvgIpc) is 2.17. The van der Waals surface area contributed by atoms with E-state index in [0.717, 1.165) is 10.0 Å². The third-order valence-corrected chi connectivity index (χ3v) is 2.32. The Morgan fingerprint density at radius 3 is 2.79 bits per heavy atom. The Morgan fingerprint density at radius 1 is 1.43 bits per heavy atom. The molecule has 0 amide bonds. The van der Waals surface area contributed by atoms with Gasteiger partial charge in [0.25, 0.3) is 0 Å². The number of hydrogen-bond donors (Lipinski definition) is 1. The van der Waals surface area contributed by atoms with Crippen molar-refractivity contribution in [2.24, 2.45) is 5.90 Å². The molecule has 0 unspecified atom stereocenters. The predicted octanol–water partition coefficient (Wildman–Crippen LogP) is 1.38. The lowest BCUT2D eigenvalue weighted by Crippen LogP contribution is -2.15. The number of nitrogens with two attached hydrogens (primary N) is 1. The molecule has 14 heavy (non-hydrogen) atoms. The molecule has 0 aliphatic carbocycles. The average molecular weight is 260 g/mol. The predicted molar refractivity (Wildman–Crippen MR) is 54.1 cm³/mol. The quantitative estimate of drug-likeness (QED) is 0.656. The van der Waals surface area contributed by atoms with Crippen LogP contribution in [0.2, 0.25) is 0 Å². The van der Waals surface area contributed by atoms with Gasteiger partial charge in [0.1, 0.15) is 6.61 Å². The van der Waals surface area contributed by atoms with Crippen LogP contribution < -0.4 is 5.90 Å². The standard InChI is InChI=1S/C9H10BrNO3/c10-8-4-2-1-3-7(8)5-13-9(12)6-14-11/h1-4H,5-6,11H2. The van der Waals surface area contributed by atoms with E-state index in [1.807, 2.05) is 24.3 Å². The zero-order valence-corrected chi connectivity index (χ0v) is 8.99. The molecule has 0 saturated heterocycles. The second-order valence-electron chi connectivity index (χ2n) is 2.56. The van der Waals surface area contributed by atoms with Crippen LogP contribution in [0.25, 0.3) is 0 Å². The van der Waals surface area contributed by atoms with Crippen molar-refractivity contribution in [3.63, 3.8) is 0 Å². The first kappa shape index (κ1) is 11.2. The number of hydrogen-bond acceptors (Lipinski definition) is 4. The van der Waals surface area contributed by atoms with E-state index in [1.165, 1.54) is 0 Å². The number of halogens is 1. The minimum absolute atomic E-state index is 0.212. The Bertz CT molecular complexity index is 317. The summed E-state index contributed by atoms with van der Waals surface area (Å²) in [6.45, 7) is -0.0198. The van der Waals surface area contributed by atoms with E-state index in [0.29, 0.717) is 0 Å². The van der Waals surface area contributed by atoms with E-state index in [-0.39, 0.29) is 13.2 Å². The van der Waals surface area contributed by atoms with Crippen LogP contribution >= 0.6 is 15.9 Å². The van der Waals surface area contributed by atoms with Gasteiger partial charge in [-0.2, -0.15) is 0 Å². The van der Waals surface area contributed by atoms with Gasteiger partial charge in [0.05, 0.1) is 0 Å². The summed E-state index contributed by atoms with van der Waals surface area (Å²) in [5.74, 6) is 4.24. The van der Waals surface area contributed by atoms with Gasteiger partial charge in [0.2, 0.25) is 0 Å². The van der Waals surface area contributed by atoms with Gasteiger partial charge in [-0.25, -0.2) is 10.7 Å². The van der Waals surface area contributed by atoms with Crippen molar-refractivity contribution in [3.05, 3.63) is 34.3 Å². The van der Waals surface area contributed by atoms with Crippen LogP contribution in [-0.2, 0) is 21.0 Å². The maximum absolute atomic E-state index is 10.9. The number of esters is 1. The highest BCUT2D eigenvalue weighted by Gasteiger charge is 2.04. The van der Waals surface area contributed by atoms with Gasteiger partial charge in [-0.3, -0.25) is 4.84 Å². The third kappa shape index (κ3) is 3.45. The first-order valence-electron chi connectivity index (χ1n) is 3.94. The molecule has 0 fully saturated rings. The van der Waals surface area contributed by atoms with E-state index in [9.17, 15) is 4.79 Å². The topological polar surface area (TPSA) is 61.5 Å². The number of benzene rings is 1. The summed E-state index contributed by atoms with van der Waals surface area (Å²) in [7, 11) is 0. The first-order valence-corrected chi connectivity index (χ1v) is 4.74. The van der Waals surface area contributed by atoms with Gasteiger partial charge in [-0.1, -0.05) is 34.1 Å². The lowest BCUT2D eigenvalue weighted by Gasteiger charge is -2.05. The smallest absolute Gasteiger partial charge is 0.334 e. The molecule has 2 N–H and O–H groups in total. The van der Waals surface area contributed by atoms with Crippen LogP contribution in [0.3, 0.4) is 0 Å². The fourth-order valence-corrected chi connectivity index (χ4v) is 1.28. The highest BCUT2D eigenvalue weighted by molar-refractivity contribution is 9.10. The van der Waals surface area contributed by atoms with E-state index < -0.39 is 5.97 Å². The molecule has 0 spiro atoms. The molecule has 0 heterocycles. The van der Waals surface area contributed by atoms with Gasteiger partial charge >= 0.3 is 5.97 Å². The summed E-state index contributed by atoms with van der Waals surface area (Å²) in [5, 5.41) is 0. The SMILES string of the molecule is NOCC(=O)OCc1ccccc1Br. The molecule has 0 aromatic heterocycles. The van der Waals surface area contributed by atoms with Crippen molar-refractivity contribution in [2.75, 3.05) is 6.61 Å². The minimum atomic E-state index is -0.483. The van der Waals surface area contributed by atoms with Gasteiger partial charge in [-0.05, 0) is 6.07 Å². The molecular formula is C9H10BrNO3. The Kier molecular flexibility index (Phi) is 4.58. The molecule has 5 heteroatoms. The number of carbonyl (C=O) groups excluding carboxylic acids is 1. The Morgan fingerprint density at radius 2 is 2.14 bits per heavy atom. The van der Waals surface area contributed by atoms with Gasteiger partial charge < -0.3 is 4.74 Å². The molecule has 0 bridgehead atoms. The number of ether oxygens (including phenoxy) is 1. The Balaban J connectivity index is 2.46. The van der Waals surface area contributed by atoms with Crippen LogP contribution in [-0.4, -0.2) is 12.6 Å². The van der Waals surface area contributed by atoms with E-state index in [4.69, 9.17) is 10.6 Å². The van der Waals surface area contributed by atoms with Crippen molar-refractivity contribution in [1.82, 2.24) is 0 Å². The summed E-state index contributed by atoms with van der Waals surface area (Å²) < 4.78 is 5.78. The van der Waals surface area contributed by atoms with Crippen molar-refractivity contribution >= 4 is 21.9 Å². The van der Waals surface area contributed by atoms with Crippen LogP contribution in [0.5, 0.6) is 0 Å². The van der Waals surface area contributed by atoms with Crippen molar-refractivity contribution < 1.29 is 14.4 Å². The lowest BCUT2D eigenvalue weighted by molar-refractivity contribution is -0.150. The highest BCUT2D eigenvalue weighted by Crippen LogP contribution is 2.16. The maximum Gasteiger partial charge on any atom is 0.334 e. The van der Waals surface area contributed by atoms with Crippen molar-refractivity contribution in [3.8, 4) is 0 Å². The highest BCUT2D eigenvalue weighted by atomic mass is 79.9. The van der Waals surface area contributed by atoms with Crippen LogP contribution in [0.15, 0.2) is 28.7 Å². The van der Waals surface area contributed by atoms with Crippen molar-refractivity contribution in [2.45, 2.75) is 6.61 Å². The molecule has 0 aliphatic rings.